The number of nitrogen functional groups attached to an aromatic ring is 1. The van der Waals surface area contributed by atoms with Crippen LogP contribution >= 0.6 is 0 Å². The second-order valence-corrected chi connectivity index (χ2v) is 7.54. The molecule has 3 N–H and O–H groups in total. The Morgan fingerprint density at radius 3 is 2.27 bits per heavy atom. The highest BCUT2D eigenvalue weighted by Crippen LogP contribution is 2.26. The number of hydrogen-bond acceptors (Lipinski definition) is 4. The van der Waals surface area contributed by atoms with Crippen LogP contribution in [-0.2, 0) is 10.0 Å². The molecule has 0 amide bonds. The minimum Gasteiger partial charge on any atom is -0.398 e. The van der Waals surface area contributed by atoms with E-state index in [4.69, 9.17) is 5.73 Å². The molecule has 3 aromatic rings. The summed E-state index contributed by atoms with van der Waals surface area (Å²) in [5, 5.41) is 0. The Labute approximate surface area is 152 Å². The summed E-state index contributed by atoms with van der Waals surface area (Å²) < 4.78 is 27.9. The van der Waals surface area contributed by atoms with Crippen molar-refractivity contribution in [1.82, 2.24) is 0 Å². The van der Waals surface area contributed by atoms with Crippen LogP contribution in [0.5, 0.6) is 0 Å². The third-order valence-electron chi connectivity index (χ3n) is 3.91. The molecule has 132 valence electrons. The van der Waals surface area contributed by atoms with Crippen molar-refractivity contribution >= 4 is 27.2 Å². The van der Waals surface area contributed by atoms with E-state index in [1.54, 1.807) is 54.6 Å². The topological polar surface area (TPSA) is 89.3 Å². The number of benzene rings is 3. The van der Waals surface area contributed by atoms with Gasteiger partial charge in [-0.15, -0.1) is 0 Å². The first-order valence-corrected chi connectivity index (χ1v) is 9.44. The summed E-state index contributed by atoms with van der Waals surface area (Å²) in [6, 6.07) is 19.9. The average molecular weight is 366 g/mol. The Balaban J connectivity index is 2.04. The van der Waals surface area contributed by atoms with E-state index in [1.165, 1.54) is 12.1 Å². The molecule has 0 fully saturated rings. The molecule has 3 aromatic carbocycles. The van der Waals surface area contributed by atoms with Gasteiger partial charge < -0.3 is 5.73 Å². The lowest BCUT2D eigenvalue weighted by Crippen LogP contribution is -2.17. The number of para-hydroxylation sites is 1. The summed E-state index contributed by atoms with van der Waals surface area (Å²) in [6.07, 6.45) is 0. The van der Waals surface area contributed by atoms with E-state index in [9.17, 15) is 13.2 Å². The van der Waals surface area contributed by atoms with Gasteiger partial charge in [-0.25, -0.2) is 8.42 Å². The SMILES string of the molecule is Cc1ccc(NS(=O)(=O)c2ccccc2N)c(C(=O)c2ccccc2)c1. The molecule has 0 spiro atoms. The lowest BCUT2D eigenvalue weighted by molar-refractivity contribution is 0.103. The van der Waals surface area contributed by atoms with Gasteiger partial charge in [-0.05, 0) is 31.2 Å². The molecule has 0 unspecified atom stereocenters. The molecule has 0 saturated heterocycles. The summed E-state index contributed by atoms with van der Waals surface area (Å²) in [5.74, 6) is -0.256. The number of rotatable bonds is 5. The quantitative estimate of drug-likeness (QED) is 0.533. The second kappa shape index (κ2) is 7.01. The number of hydrogen-bond donors (Lipinski definition) is 2. The van der Waals surface area contributed by atoms with Crippen molar-refractivity contribution in [2.24, 2.45) is 0 Å². The smallest absolute Gasteiger partial charge is 0.263 e. The van der Waals surface area contributed by atoms with Crippen molar-refractivity contribution in [3.05, 3.63) is 89.5 Å². The Kier molecular flexibility index (Phi) is 4.77. The molecule has 0 atom stereocenters. The monoisotopic (exact) mass is 366 g/mol. The molecule has 26 heavy (non-hydrogen) atoms. The van der Waals surface area contributed by atoms with Crippen molar-refractivity contribution in [1.29, 1.82) is 0 Å². The lowest BCUT2D eigenvalue weighted by atomic mass is 10.00. The van der Waals surface area contributed by atoms with Crippen molar-refractivity contribution in [2.45, 2.75) is 11.8 Å². The van der Waals surface area contributed by atoms with Gasteiger partial charge in [-0.3, -0.25) is 9.52 Å². The maximum absolute atomic E-state index is 12.8. The van der Waals surface area contributed by atoms with Gasteiger partial charge in [0, 0.05) is 11.1 Å². The Morgan fingerprint density at radius 1 is 0.923 bits per heavy atom. The Morgan fingerprint density at radius 2 is 1.58 bits per heavy atom. The second-order valence-electron chi connectivity index (χ2n) is 5.89. The number of aryl methyl sites for hydroxylation is 1. The summed E-state index contributed by atoms with van der Waals surface area (Å²) in [7, 11) is -3.92. The van der Waals surface area contributed by atoms with E-state index < -0.39 is 10.0 Å². The van der Waals surface area contributed by atoms with Crippen LogP contribution in [-0.4, -0.2) is 14.2 Å². The first-order chi connectivity index (χ1) is 12.4. The molecule has 0 saturated carbocycles. The van der Waals surface area contributed by atoms with Gasteiger partial charge in [0.1, 0.15) is 4.90 Å². The molecule has 3 rings (SSSR count). The Hall–Kier alpha value is -3.12. The molecule has 6 heteroatoms. The summed E-state index contributed by atoms with van der Waals surface area (Å²) >= 11 is 0. The van der Waals surface area contributed by atoms with Crippen LogP contribution in [0.1, 0.15) is 21.5 Å². The normalized spacial score (nSPS) is 11.1. The molecule has 0 radical (unpaired) electrons. The average Bonchev–Trinajstić information content (AvgIpc) is 2.63. The minimum atomic E-state index is -3.92. The van der Waals surface area contributed by atoms with Crippen molar-refractivity contribution in [2.75, 3.05) is 10.5 Å². The molecule has 5 nitrogen and oxygen atoms in total. The van der Waals surface area contributed by atoms with Gasteiger partial charge in [0.25, 0.3) is 10.0 Å². The van der Waals surface area contributed by atoms with Gasteiger partial charge in [0.2, 0.25) is 0 Å². The molecule has 0 aliphatic carbocycles. The largest absolute Gasteiger partial charge is 0.398 e. The molecule has 0 heterocycles. The van der Waals surface area contributed by atoms with Crippen LogP contribution in [0.4, 0.5) is 11.4 Å². The maximum atomic E-state index is 12.8. The highest BCUT2D eigenvalue weighted by molar-refractivity contribution is 7.92. The van der Waals surface area contributed by atoms with E-state index in [0.717, 1.165) is 5.56 Å². The van der Waals surface area contributed by atoms with Crippen molar-refractivity contribution in [3.8, 4) is 0 Å². The standard InChI is InChI=1S/C20H18N2O3S/c1-14-11-12-18(16(13-14)20(23)15-7-3-2-4-8-15)22-26(24,25)19-10-6-5-9-17(19)21/h2-13,22H,21H2,1H3. The van der Waals surface area contributed by atoms with Gasteiger partial charge in [-0.1, -0.05) is 54.1 Å². The van der Waals surface area contributed by atoms with Gasteiger partial charge in [0.15, 0.2) is 5.78 Å². The summed E-state index contributed by atoms with van der Waals surface area (Å²) in [5.41, 5.74) is 7.77. The van der Waals surface area contributed by atoms with Gasteiger partial charge >= 0.3 is 0 Å². The number of nitrogens with one attached hydrogen (secondary N) is 1. The fourth-order valence-corrected chi connectivity index (χ4v) is 3.82. The van der Waals surface area contributed by atoms with Crippen LogP contribution in [0.2, 0.25) is 0 Å². The van der Waals surface area contributed by atoms with E-state index >= 15 is 0 Å². The number of carbonyl (C=O) groups excluding carboxylic acids is 1. The van der Waals surface area contributed by atoms with E-state index in [2.05, 4.69) is 4.72 Å². The van der Waals surface area contributed by atoms with Crippen LogP contribution in [0.3, 0.4) is 0 Å². The first-order valence-electron chi connectivity index (χ1n) is 7.96. The molecule has 0 aliphatic heterocycles. The number of sulfonamides is 1. The van der Waals surface area contributed by atoms with Crippen LogP contribution < -0.4 is 10.5 Å². The van der Waals surface area contributed by atoms with Gasteiger partial charge in [-0.2, -0.15) is 0 Å². The first kappa shape index (κ1) is 17.7. The van der Waals surface area contributed by atoms with E-state index in [1.807, 2.05) is 13.0 Å². The Bertz CT molecular complexity index is 1060. The number of carbonyl (C=O) groups is 1. The third-order valence-corrected chi connectivity index (χ3v) is 5.35. The van der Waals surface area contributed by atoms with Crippen molar-refractivity contribution in [3.63, 3.8) is 0 Å². The number of nitrogens with two attached hydrogens (primary N) is 1. The van der Waals surface area contributed by atoms with Crippen molar-refractivity contribution < 1.29 is 13.2 Å². The lowest BCUT2D eigenvalue weighted by Gasteiger charge is -2.14. The highest BCUT2D eigenvalue weighted by atomic mass is 32.2. The minimum absolute atomic E-state index is 0.0290. The van der Waals surface area contributed by atoms with Crippen LogP contribution in [0, 0.1) is 6.92 Å². The van der Waals surface area contributed by atoms with Crippen LogP contribution in [0.25, 0.3) is 0 Å². The molecule has 0 aromatic heterocycles. The fraction of sp³-hybridized carbons (Fsp3) is 0.0500. The van der Waals surface area contributed by atoms with Crippen LogP contribution in [0.15, 0.2) is 77.7 Å². The summed E-state index contributed by atoms with van der Waals surface area (Å²) in [6.45, 7) is 1.84. The highest BCUT2D eigenvalue weighted by Gasteiger charge is 2.21. The molecule has 0 bridgehead atoms. The zero-order chi connectivity index (χ0) is 18.7. The number of anilines is 2. The predicted octanol–water partition coefficient (Wildman–Crippen LogP) is 3.61. The maximum Gasteiger partial charge on any atom is 0.263 e. The zero-order valence-electron chi connectivity index (χ0n) is 14.1. The fourth-order valence-electron chi connectivity index (χ4n) is 2.60. The summed E-state index contributed by atoms with van der Waals surface area (Å²) in [4.78, 5) is 12.8. The molecular formula is C20H18N2O3S. The van der Waals surface area contributed by atoms with Gasteiger partial charge in [0.05, 0.1) is 11.4 Å². The predicted molar refractivity (Wildman–Crippen MR) is 103 cm³/mol. The van der Waals surface area contributed by atoms with E-state index in [0.29, 0.717) is 5.56 Å². The number of ketones is 1. The zero-order valence-corrected chi connectivity index (χ0v) is 15.0. The molecule has 0 aliphatic rings. The van der Waals surface area contributed by atoms with E-state index in [-0.39, 0.29) is 27.6 Å². The molecular weight excluding hydrogens is 348 g/mol. The third kappa shape index (κ3) is 3.60.